The summed E-state index contributed by atoms with van der Waals surface area (Å²) in [6, 6.07) is 10.8. The molecule has 0 aliphatic heterocycles. The quantitative estimate of drug-likeness (QED) is 0.260. The van der Waals surface area contributed by atoms with E-state index in [1.165, 1.54) is 0 Å². The molecule has 0 saturated carbocycles. The standard InChI is InChI=1S/C23H17Cl4N3/c1-2-8-29-12-19(17-5-3-15(24)10-21(17)26)20(13-29)23(30-9-7-28-14-30)18-6-4-16(25)11-22(18)27/h2-7,9-14,23H,1,8H2. The summed E-state index contributed by atoms with van der Waals surface area (Å²) >= 11 is 25.5. The molecule has 1 atom stereocenters. The van der Waals surface area contributed by atoms with Crippen LogP contribution in [0.15, 0.2) is 80.2 Å². The van der Waals surface area contributed by atoms with Crippen LogP contribution in [0.4, 0.5) is 0 Å². The highest BCUT2D eigenvalue weighted by molar-refractivity contribution is 6.36. The van der Waals surface area contributed by atoms with Gasteiger partial charge in [-0.15, -0.1) is 6.58 Å². The predicted molar refractivity (Wildman–Crippen MR) is 126 cm³/mol. The summed E-state index contributed by atoms with van der Waals surface area (Å²) in [7, 11) is 0. The molecule has 0 radical (unpaired) electrons. The van der Waals surface area contributed by atoms with Crippen molar-refractivity contribution in [2.45, 2.75) is 12.6 Å². The molecule has 0 fully saturated rings. The van der Waals surface area contributed by atoms with Gasteiger partial charge in [-0.2, -0.15) is 0 Å². The third-order valence-corrected chi connectivity index (χ3v) is 5.96. The van der Waals surface area contributed by atoms with Gasteiger partial charge in [0.2, 0.25) is 0 Å². The minimum absolute atomic E-state index is 0.231. The zero-order valence-corrected chi connectivity index (χ0v) is 18.8. The topological polar surface area (TPSA) is 22.8 Å². The average Bonchev–Trinajstić information content (AvgIpc) is 3.35. The van der Waals surface area contributed by atoms with Gasteiger partial charge in [0.15, 0.2) is 0 Å². The molecule has 4 aromatic rings. The van der Waals surface area contributed by atoms with Crippen molar-refractivity contribution in [2.24, 2.45) is 0 Å². The maximum Gasteiger partial charge on any atom is 0.0954 e. The number of benzene rings is 2. The number of nitrogens with zero attached hydrogens (tertiary/aromatic N) is 3. The number of rotatable bonds is 6. The first kappa shape index (κ1) is 21.1. The van der Waals surface area contributed by atoms with Gasteiger partial charge < -0.3 is 9.13 Å². The van der Waals surface area contributed by atoms with Crippen LogP contribution in [-0.4, -0.2) is 14.1 Å². The SMILES string of the molecule is C=CCn1cc(-c2ccc(Cl)cc2Cl)c(C(c2ccc(Cl)cc2Cl)n2ccnc2)c1. The van der Waals surface area contributed by atoms with E-state index in [-0.39, 0.29) is 6.04 Å². The van der Waals surface area contributed by atoms with Crippen LogP contribution in [-0.2, 0) is 6.54 Å². The largest absolute Gasteiger partial charge is 0.349 e. The first-order valence-corrected chi connectivity index (χ1v) is 10.7. The lowest BCUT2D eigenvalue weighted by molar-refractivity contribution is 0.674. The summed E-state index contributed by atoms with van der Waals surface area (Å²) in [6.07, 6.45) is 11.4. The molecule has 0 spiro atoms. The van der Waals surface area contributed by atoms with E-state index in [0.29, 0.717) is 26.6 Å². The molecule has 2 aromatic carbocycles. The van der Waals surface area contributed by atoms with Gasteiger partial charge in [-0.05, 0) is 29.8 Å². The van der Waals surface area contributed by atoms with Crippen molar-refractivity contribution in [2.75, 3.05) is 0 Å². The van der Waals surface area contributed by atoms with Crippen molar-refractivity contribution in [3.05, 3.63) is 111 Å². The second-order valence-electron chi connectivity index (χ2n) is 6.82. The molecule has 152 valence electrons. The van der Waals surface area contributed by atoms with Crippen LogP contribution in [0.5, 0.6) is 0 Å². The molecular formula is C23H17Cl4N3. The number of halogens is 4. The Bertz CT molecular complexity index is 1200. The average molecular weight is 477 g/mol. The summed E-state index contributed by atoms with van der Waals surface area (Å²) in [5.41, 5.74) is 3.78. The van der Waals surface area contributed by atoms with Crippen molar-refractivity contribution in [1.82, 2.24) is 14.1 Å². The van der Waals surface area contributed by atoms with E-state index in [4.69, 9.17) is 46.4 Å². The summed E-state index contributed by atoms with van der Waals surface area (Å²) in [4.78, 5) is 4.24. The minimum atomic E-state index is -0.231. The Morgan fingerprint density at radius 1 is 0.900 bits per heavy atom. The maximum atomic E-state index is 6.62. The normalized spacial score (nSPS) is 12.1. The van der Waals surface area contributed by atoms with Crippen molar-refractivity contribution >= 4 is 46.4 Å². The third-order valence-electron chi connectivity index (χ3n) is 4.85. The Morgan fingerprint density at radius 3 is 2.27 bits per heavy atom. The van der Waals surface area contributed by atoms with Crippen molar-refractivity contribution in [3.8, 4) is 11.1 Å². The van der Waals surface area contributed by atoms with Crippen LogP contribution in [0.2, 0.25) is 20.1 Å². The highest BCUT2D eigenvalue weighted by Crippen LogP contribution is 2.41. The Labute approximate surface area is 195 Å². The van der Waals surface area contributed by atoms with Crippen LogP contribution in [0.25, 0.3) is 11.1 Å². The summed E-state index contributed by atoms with van der Waals surface area (Å²) in [5, 5.41) is 2.32. The lowest BCUT2D eigenvalue weighted by Crippen LogP contribution is -2.12. The Morgan fingerprint density at radius 2 is 1.63 bits per heavy atom. The van der Waals surface area contributed by atoms with Crippen LogP contribution in [0.1, 0.15) is 17.2 Å². The van der Waals surface area contributed by atoms with Crippen LogP contribution in [0.3, 0.4) is 0 Å². The Balaban J connectivity index is 1.98. The molecule has 4 rings (SSSR count). The molecule has 2 aromatic heterocycles. The van der Waals surface area contributed by atoms with E-state index in [1.807, 2.05) is 41.1 Å². The van der Waals surface area contributed by atoms with Crippen LogP contribution in [0, 0.1) is 0 Å². The molecule has 0 N–H and O–H groups in total. The monoisotopic (exact) mass is 475 g/mol. The van der Waals surface area contributed by atoms with Crippen molar-refractivity contribution < 1.29 is 0 Å². The minimum Gasteiger partial charge on any atom is -0.349 e. The zero-order valence-electron chi connectivity index (χ0n) is 15.8. The lowest BCUT2D eigenvalue weighted by atomic mass is 9.94. The van der Waals surface area contributed by atoms with Gasteiger partial charge in [-0.25, -0.2) is 4.98 Å². The van der Waals surface area contributed by atoms with Gasteiger partial charge in [0.05, 0.1) is 12.4 Å². The van der Waals surface area contributed by atoms with Gasteiger partial charge in [-0.3, -0.25) is 0 Å². The molecule has 0 aliphatic rings. The van der Waals surface area contributed by atoms with Crippen LogP contribution < -0.4 is 0 Å². The van der Waals surface area contributed by atoms with E-state index in [2.05, 4.69) is 28.5 Å². The summed E-state index contributed by atoms with van der Waals surface area (Å²) in [6.45, 7) is 4.51. The fraction of sp³-hybridized carbons (Fsp3) is 0.0870. The predicted octanol–water partition coefficient (Wildman–Crippen LogP) is 7.79. The van der Waals surface area contributed by atoms with E-state index < -0.39 is 0 Å². The molecule has 3 nitrogen and oxygen atoms in total. The van der Waals surface area contributed by atoms with Crippen LogP contribution >= 0.6 is 46.4 Å². The molecule has 30 heavy (non-hydrogen) atoms. The maximum absolute atomic E-state index is 6.62. The van der Waals surface area contributed by atoms with E-state index in [0.717, 1.165) is 22.3 Å². The van der Waals surface area contributed by atoms with E-state index in [9.17, 15) is 0 Å². The summed E-state index contributed by atoms with van der Waals surface area (Å²) < 4.78 is 4.08. The number of aromatic nitrogens is 3. The highest BCUT2D eigenvalue weighted by Gasteiger charge is 2.25. The molecule has 7 heteroatoms. The second-order valence-corrected chi connectivity index (χ2v) is 8.50. The zero-order chi connectivity index (χ0) is 21.3. The molecule has 0 amide bonds. The van der Waals surface area contributed by atoms with Gasteiger partial charge >= 0.3 is 0 Å². The Hall–Kier alpha value is -2.17. The van der Waals surface area contributed by atoms with Gasteiger partial charge in [0.1, 0.15) is 0 Å². The van der Waals surface area contributed by atoms with Gasteiger partial charge in [0.25, 0.3) is 0 Å². The first-order valence-electron chi connectivity index (χ1n) is 9.16. The van der Waals surface area contributed by atoms with Crippen molar-refractivity contribution in [3.63, 3.8) is 0 Å². The van der Waals surface area contributed by atoms with Gasteiger partial charge in [0, 0.05) is 68.1 Å². The first-order chi connectivity index (χ1) is 14.5. The second kappa shape index (κ2) is 8.91. The smallest absolute Gasteiger partial charge is 0.0954 e. The lowest BCUT2D eigenvalue weighted by Gasteiger charge is -2.22. The molecular weight excluding hydrogens is 460 g/mol. The molecule has 0 bridgehead atoms. The van der Waals surface area contributed by atoms with Gasteiger partial charge in [-0.1, -0.05) is 64.6 Å². The number of hydrogen-bond acceptors (Lipinski definition) is 1. The number of allylic oxidation sites excluding steroid dienone is 1. The van der Waals surface area contributed by atoms with E-state index in [1.54, 1.807) is 24.7 Å². The molecule has 0 aliphatic carbocycles. The molecule has 1 unspecified atom stereocenters. The summed E-state index contributed by atoms with van der Waals surface area (Å²) in [5.74, 6) is 0. The number of hydrogen-bond donors (Lipinski definition) is 0. The van der Waals surface area contributed by atoms with E-state index >= 15 is 0 Å². The molecule has 2 heterocycles. The highest BCUT2D eigenvalue weighted by atomic mass is 35.5. The third kappa shape index (κ3) is 4.17. The number of imidazole rings is 1. The van der Waals surface area contributed by atoms with Crippen molar-refractivity contribution in [1.29, 1.82) is 0 Å². The molecule has 0 saturated heterocycles. The fourth-order valence-corrected chi connectivity index (χ4v) is 4.59. The Kier molecular flexibility index (Phi) is 6.26. The fourth-order valence-electron chi connectivity index (χ4n) is 3.57.